The zero-order valence-electron chi connectivity index (χ0n) is 16.7. The second kappa shape index (κ2) is 11.0. The number of hydrogen-bond acceptors (Lipinski definition) is 5. The highest BCUT2D eigenvalue weighted by molar-refractivity contribution is 14.0. The van der Waals surface area contributed by atoms with E-state index in [0.717, 1.165) is 49.3 Å². The van der Waals surface area contributed by atoms with Crippen LogP contribution in [0.3, 0.4) is 0 Å². The predicted octanol–water partition coefficient (Wildman–Crippen LogP) is 3.49. The normalized spacial score (nSPS) is 16.2. The molecule has 1 fully saturated rings. The first-order valence-corrected chi connectivity index (χ1v) is 10.0. The summed E-state index contributed by atoms with van der Waals surface area (Å²) in [7, 11) is 3.49. The molecule has 154 valence electrons. The second-order valence-electron chi connectivity index (χ2n) is 6.77. The van der Waals surface area contributed by atoms with Crippen molar-refractivity contribution in [3.63, 3.8) is 0 Å². The maximum Gasteiger partial charge on any atom is 0.191 e. The van der Waals surface area contributed by atoms with E-state index in [1.165, 1.54) is 10.4 Å². The fourth-order valence-corrected chi connectivity index (χ4v) is 4.12. The summed E-state index contributed by atoms with van der Waals surface area (Å²) in [6, 6.07) is 8.40. The van der Waals surface area contributed by atoms with E-state index in [4.69, 9.17) is 9.47 Å². The largest absolute Gasteiger partial charge is 0.497 e. The number of ether oxygens (including phenoxy) is 2. The number of nitrogens with one attached hydrogen (secondary N) is 2. The molecule has 1 aliphatic heterocycles. The number of nitrogens with zero attached hydrogens (tertiary/aromatic N) is 2. The molecule has 8 heteroatoms. The van der Waals surface area contributed by atoms with Gasteiger partial charge in [-0.25, -0.2) is 4.98 Å². The van der Waals surface area contributed by atoms with Crippen molar-refractivity contribution in [1.82, 2.24) is 15.6 Å². The third kappa shape index (κ3) is 5.81. The van der Waals surface area contributed by atoms with Crippen molar-refractivity contribution in [3.05, 3.63) is 45.9 Å². The number of rotatable bonds is 6. The van der Waals surface area contributed by atoms with Crippen molar-refractivity contribution in [1.29, 1.82) is 0 Å². The summed E-state index contributed by atoms with van der Waals surface area (Å²) in [5, 5.41) is 7.94. The van der Waals surface area contributed by atoms with E-state index >= 15 is 0 Å². The minimum atomic E-state index is 0. The van der Waals surface area contributed by atoms with Gasteiger partial charge < -0.3 is 20.1 Å². The van der Waals surface area contributed by atoms with E-state index in [1.54, 1.807) is 25.5 Å². The van der Waals surface area contributed by atoms with E-state index in [-0.39, 0.29) is 29.4 Å². The van der Waals surface area contributed by atoms with Gasteiger partial charge in [-0.3, -0.25) is 4.99 Å². The molecule has 0 spiro atoms. The summed E-state index contributed by atoms with van der Waals surface area (Å²) >= 11 is 1.70. The van der Waals surface area contributed by atoms with Gasteiger partial charge in [-0.2, -0.15) is 0 Å². The van der Waals surface area contributed by atoms with Crippen molar-refractivity contribution in [2.75, 3.05) is 33.9 Å². The topological polar surface area (TPSA) is 67.8 Å². The lowest BCUT2D eigenvalue weighted by molar-refractivity contribution is 0.0513. The van der Waals surface area contributed by atoms with Gasteiger partial charge in [0.2, 0.25) is 0 Å². The Morgan fingerprint density at radius 2 is 1.96 bits per heavy atom. The van der Waals surface area contributed by atoms with E-state index < -0.39 is 0 Å². The predicted molar refractivity (Wildman–Crippen MR) is 125 cm³/mol. The van der Waals surface area contributed by atoms with Crippen LogP contribution in [0, 0.1) is 6.92 Å². The number of hydrogen-bond donors (Lipinski definition) is 2. The van der Waals surface area contributed by atoms with Crippen LogP contribution in [0.25, 0.3) is 0 Å². The van der Waals surface area contributed by atoms with Crippen LogP contribution in [-0.2, 0) is 16.7 Å². The van der Waals surface area contributed by atoms with Crippen molar-refractivity contribution in [2.24, 2.45) is 4.99 Å². The number of thiazole rings is 1. The third-order valence-corrected chi connectivity index (χ3v) is 5.96. The molecule has 3 rings (SSSR count). The third-order valence-electron chi connectivity index (χ3n) is 5.05. The molecule has 2 N–H and O–H groups in total. The first-order chi connectivity index (χ1) is 13.1. The van der Waals surface area contributed by atoms with E-state index in [0.29, 0.717) is 6.54 Å². The molecule has 0 radical (unpaired) electrons. The molecule has 1 aliphatic rings. The molecule has 28 heavy (non-hydrogen) atoms. The van der Waals surface area contributed by atoms with Gasteiger partial charge in [-0.15, -0.1) is 35.3 Å². The number of aromatic nitrogens is 1. The Bertz CT molecular complexity index is 758. The summed E-state index contributed by atoms with van der Waals surface area (Å²) in [6.45, 7) is 5.10. The Morgan fingerprint density at radius 3 is 2.54 bits per heavy atom. The SMILES string of the molecule is CN=C(NCc1ncc(C)s1)NCC1(c2ccc(OC)cc2)CCOCC1.I. The molecule has 1 saturated heterocycles. The highest BCUT2D eigenvalue weighted by atomic mass is 127. The number of benzene rings is 1. The molecule has 1 aromatic heterocycles. The molecular weight excluding hydrogens is 487 g/mol. The minimum absolute atomic E-state index is 0. The molecule has 0 atom stereocenters. The van der Waals surface area contributed by atoms with Crippen LogP contribution >= 0.6 is 35.3 Å². The van der Waals surface area contributed by atoms with Gasteiger partial charge in [0.15, 0.2) is 5.96 Å². The number of guanidine groups is 1. The summed E-state index contributed by atoms with van der Waals surface area (Å²) < 4.78 is 10.9. The summed E-state index contributed by atoms with van der Waals surface area (Å²) in [6.07, 6.45) is 3.86. The van der Waals surface area contributed by atoms with Gasteiger partial charge >= 0.3 is 0 Å². The smallest absolute Gasteiger partial charge is 0.191 e. The number of aryl methyl sites for hydroxylation is 1. The van der Waals surface area contributed by atoms with E-state index in [9.17, 15) is 0 Å². The molecule has 1 aromatic carbocycles. The molecule has 2 aromatic rings. The Morgan fingerprint density at radius 1 is 1.25 bits per heavy atom. The Kier molecular flexibility index (Phi) is 8.97. The van der Waals surface area contributed by atoms with Crippen LogP contribution in [0.2, 0.25) is 0 Å². The van der Waals surface area contributed by atoms with Gasteiger partial charge in [0.05, 0.1) is 13.7 Å². The van der Waals surface area contributed by atoms with Crippen LogP contribution in [0.4, 0.5) is 0 Å². The number of halogens is 1. The molecule has 0 unspecified atom stereocenters. The number of aliphatic imine (C=N–C) groups is 1. The maximum absolute atomic E-state index is 5.63. The summed E-state index contributed by atoms with van der Waals surface area (Å²) in [5.41, 5.74) is 1.34. The Labute approximate surface area is 188 Å². The minimum Gasteiger partial charge on any atom is -0.497 e. The zero-order chi connectivity index (χ0) is 19.1. The van der Waals surface area contributed by atoms with Crippen LogP contribution in [-0.4, -0.2) is 44.9 Å². The van der Waals surface area contributed by atoms with Crippen LogP contribution in [0.15, 0.2) is 35.5 Å². The molecule has 0 amide bonds. The Balaban J connectivity index is 0.00000280. The molecular formula is C20H29IN4O2S. The fraction of sp³-hybridized carbons (Fsp3) is 0.500. The quantitative estimate of drug-likeness (QED) is 0.350. The van der Waals surface area contributed by atoms with Crippen molar-refractivity contribution in [2.45, 2.75) is 31.7 Å². The van der Waals surface area contributed by atoms with Gasteiger partial charge in [0.25, 0.3) is 0 Å². The average Bonchev–Trinajstić information content (AvgIpc) is 3.14. The molecule has 0 saturated carbocycles. The standard InChI is InChI=1S/C20H28N4O2S.HI/c1-15-12-22-18(27-15)13-23-19(21-2)24-14-20(8-10-26-11-9-20)16-4-6-17(25-3)7-5-16;/h4-7,12H,8-11,13-14H2,1-3H3,(H2,21,23,24);1H. The summed E-state index contributed by atoms with van der Waals surface area (Å²) in [4.78, 5) is 9.98. The molecule has 2 heterocycles. The summed E-state index contributed by atoms with van der Waals surface area (Å²) in [5.74, 6) is 1.67. The van der Waals surface area contributed by atoms with E-state index in [2.05, 4.69) is 39.7 Å². The molecule has 0 bridgehead atoms. The van der Waals surface area contributed by atoms with E-state index in [1.807, 2.05) is 18.3 Å². The molecule has 6 nitrogen and oxygen atoms in total. The number of methoxy groups -OCH3 is 1. The lowest BCUT2D eigenvalue weighted by atomic mass is 9.74. The monoisotopic (exact) mass is 516 g/mol. The lowest BCUT2D eigenvalue weighted by Gasteiger charge is -2.38. The second-order valence-corrected chi connectivity index (χ2v) is 8.08. The maximum atomic E-state index is 5.63. The van der Waals surface area contributed by atoms with Crippen LogP contribution < -0.4 is 15.4 Å². The van der Waals surface area contributed by atoms with Crippen LogP contribution in [0.1, 0.15) is 28.3 Å². The molecule has 0 aliphatic carbocycles. The van der Waals surface area contributed by atoms with Gasteiger partial charge in [-0.05, 0) is 37.5 Å². The first-order valence-electron chi connectivity index (χ1n) is 9.23. The van der Waals surface area contributed by atoms with Crippen molar-refractivity contribution in [3.8, 4) is 5.75 Å². The van der Waals surface area contributed by atoms with Gasteiger partial charge in [-0.1, -0.05) is 12.1 Å². The van der Waals surface area contributed by atoms with Crippen molar-refractivity contribution >= 4 is 41.3 Å². The van der Waals surface area contributed by atoms with Gasteiger partial charge in [0.1, 0.15) is 10.8 Å². The first kappa shape index (κ1) is 22.9. The zero-order valence-corrected chi connectivity index (χ0v) is 19.8. The van der Waals surface area contributed by atoms with Gasteiger partial charge in [0, 0.05) is 43.3 Å². The highest BCUT2D eigenvalue weighted by Gasteiger charge is 2.34. The lowest BCUT2D eigenvalue weighted by Crippen LogP contribution is -2.47. The Hall–Kier alpha value is -1.39. The fourth-order valence-electron chi connectivity index (χ4n) is 3.39. The van der Waals surface area contributed by atoms with Crippen LogP contribution in [0.5, 0.6) is 5.75 Å². The highest BCUT2D eigenvalue weighted by Crippen LogP contribution is 2.35. The average molecular weight is 516 g/mol. The van der Waals surface area contributed by atoms with Crippen molar-refractivity contribution < 1.29 is 9.47 Å².